The Bertz CT molecular complexity index is 2880. The maximum Gasteiger partial charge on any atom is 0.0554 e. The topological polar surface area (TPSA) is 3.24 Å². The van der Waals surface area contributed by atoms with Gasteiger partial charge in [0.25, 0.3) is 0 Å². The van der Waals surface area contributed by atoms with E-state index in [4.69, 9.17) is 0 Å². The zero-order valence-electron chi connectivity index (χ0n) is 33.2. The van der Waals surface area contributed by atoms with E-state index >= 15 is 0 Å². The predicted octanol–water partition coefficient (Wildman–Crippen LogP) is 15.0. The molecule has 0 N–H and O–H groups in total. The Morgan fingerprint density at radius 2 is 1.03 bits per heavy atom. The van der Waals surface area contributed by atoms with Gasteiger partial charge in [0.05, 0.1) is 5.69 Å². The third-order valence-corrected chi connectivity index (χ3v) is 19.4. The molecule has 5 atom stereocenters. The maximum absolute atomic E-state index is 2.67. The van der Waals surface area contributed by atoms with Crippen LogP contribution < -0.4 is 4.90 Å². The summed E-state index contributed by atoms with van der Waals surface area (Å²) in [7, 11) is 0. The highest BCUT2D eigenvalue weighted by Gasteiger charge is 2.64. The van der Waals surface area contributed by atoms with E-state index in [0.717, 1.165) is 47.3 Å². The highest BCUT2D eigenvalue weighted by atomic mass is 32.1. The van der Waals surface area contributed by atoms with Gasteiger partial charge in [-0.2, -0.15) is 0 Å². The predicted molar refractivity (Wildman–Crippen MR) is 241 cm³/mol. The molecule has 5 unspecified atom stereocenters. The summed E-state index contributed by atoms with van der Waals surface area (Å²) in [5.74, 6) is 6.82. The van der Waals surface area contributed by atoms with E-state index in [0.29, 0.717) is 0 Å². The molecule has 7 fully saturated rings. The molecule has 1 nitrogen and oxygen atoms in total. The number of benzene rings is 6. The molecule has 2 heteroatoms. The zero-order chi connectivity index (χ0) is 37.5. The van der Waals surface area contributed by atoms with E-state index in [-0.39, 0.29) is 10.8 Å². The molecular weight excluding hydrogens is 719 g/mol. The van der Waals surface area contributed by atoms with Crippen LogP contribution in [0.1, 0.15) is 86.5 Å². The number of anilines is 3. The summed E-state index contributed by atoms with van der Waals surface area (Å²) in [5, 5.41) is 2.74. The quantitative estimate of drug-likeness (QED) is 0.173. The molecule has 7 aromatic rings. The van der Waals surface area contributed by atoms with E-state index in [1.807, 2.05) is 11.3 Å². The summed E-state index contributed by atoms with van der Waals surface area (Å²) >= 11 is 1.93. The summed E-state index contributed by atoms with van der Waals surface area (Å²) < 4.78 is 2.73. The van der Waals surface area contributed by atoms with Crippen LogP contribution in [-0.2, 0) is 10.8 Å². The van der Waals surface area contributed by atoms with E-state index < -0.39 is 0 Å². The first-order valence-corrected chi connectivity index (χ1v) is 23.7. The lowest BCUT2D eigenvalue weighted by Crippen LogP contribution is -2.55. The number of rotatable bonds is 3. The van der Waals surface area contributed by atoms with Gasteiger partial charge in [-0.1, -0.05) is 91.3 Å². The van der Waals surface area contributed by atoms with Crippen molar-refractivity contribution in [1.82, 2.24) is 0 Å². The standard InChI is InChI=1S/C56H49NS/c1-4-11-47-41(8-1)44-30-39(17-20-49(44)55(47)36-25-33-22-34(27-36)28-37(55)26-33)57(51-13-7-15-53-54(51)43-10-3-6-14-52(43)58-53)40-18-21-50-45(31-40)42-9-2-5-12-48(42)56(50)38-24-32-16-19-46(56)35(23-32)29-38/h1-15,17-18,20-21,30-38,46H,16,19,22-29H2. The van der Waals surface area contributed by atoms with Crippen LogP contribution in [0.4, 0.5) is 17.1 Å². The van der Waals surface area contributed by atoms with Crippen LogP contribution in [0.5, 0.6) is 0 Å². The highest BCUT2D eigenvalue weighted by Crippen LogP contribution is 2.72. The molecule has 0 saturated heterocycles. The van der Waals surface area contributed by atoms with Crippen LogP contribution in [0.2, 0.25) is 0 Å². The van der Waals surface area contributed by atoms with Crippen molar-refractivity contribution in [2.45, 2.75) is 75.0 Å². The molecule has 16 rings (SSSR count). The smallest absolute Gasteiger partial charge is 0.0554 e. The van der Waals surface area contributed by atoms with E-state index in [1.165, 1.54) is 124 Å². The summed E-state index contributed by atoms with van der Waals surface area (Å²) in [6.07, 6.45) is 14.3. The molecule has 2 spiro atoms. The number of hydrogen-bond donors (Lipinski definition) is 0. The lowest BCUT2D eigenvalue weighted by Gasteiger charge is -2.61. The van der Waals surface area contributed by atoms with Crippen molar-refractivity contribution in [3.8, 4) is 22.3 Å². The van der Waals surface area contributed by atoms with Gasteiger partial charge in [-0.25, -0.2) is 0 Å². The van der Waals surface area contributed by atoms with Crippen molar-refractivity contribution < 1.29 is 0 Å². The monoisotopic (exact) mass is 767 g/mol. The van der Waals surface area contributed by atoms with Crippen LogP contribution in [0.25, 0.3) is 42.4 Å². The molecule has 1 heterocycles. The molecule has 0 aliphatic heterocycles. The SMILES string of the molecule is c1ccc2c(c1)-c1cc(N(c3ccc4c(c3)-c3ccccc3C43C4CC5CCC3C(C5)C4)c3cccc4sc5ccccc5c34)ccc1C21C2CC3CC(C2)CC1C3. The molecule has 7 bridgehead atoms. The van der Waals surface area contributed by atoms with Crippen LogP contribution in [0, 0.1) is 47.3 Å². The van der Waals surface area contributed by atoms with E-state index in [1.54, 1.807) is 22.3 Å². The third-order valence-electron chi connectivity index (χ3n) is 18.3. The Labute approximate surface area is 346 Å². The lowest BCUT2D eigenvalue weighted by molar-refractivity contribution is -0.0399. The minimum atomic E-state index is 0.177. The van der Waals surface area contributed by atoms with Crippen LogP contribution in [0.3, 0.4) is 0 Å². The van der Waals surface area contributed by atoms with Crippen molar-refractivity contribution in [1.29, 1.82) is 0 Å². The normalized spacial score (nSPS) is 33.7. The van der Waals surface area contributed by atoms with Gasteiger partial charge in [0, 0.05) is 42.4 Å². The first-order chi connectivity index (χ1) is 28.7. The lowest BCUT2D eigenvalue weighted by atomic mass is 9.43. The van der Waals surface area contributed by atoms with Gasteiger partial charge in [-0.3, -0.25) is 0 Å². The summed E-state index contributed by atoms with van der Waals surface area (Å²) in [5.41, 5.74) is 16.8. The number of fused-ring (bicyclic) bond motifs is 15. The van der Waals surface area contributed by atoms with Gasteiger partial charge in [-0.15, -0.1) is 11.3 Å². The fourth-order valence-electron chi connectivity index (χ4n) is 16.9. The minimum absolute atomic E-state index is 0.177. The molecule has 9 aliphatic rings. The van der Waals surface area contributed by atoms with Crippen molar-refractivity contribution in [2.75, 3.05) is 4.90 Å². The highest BCUT2D eigenvalue weighted by molar-refractivity contribution is 7.26. The Kier molecular flexibility index (Phi) is 6.18. The minimum Gasteiger partial charge on any atom is -0.310 e. The van der Waals surface area contributed by atoms with Gasteiger partial charge in [0.1, 0.15) is 0 Å². The molecule has 7 saturated carbocycles. The van der Waals surface area contributed by atoms with Gasteiger partial charge in [0.2, 0.25) is 0 Å². The average molecular weight is 768 g/mol. The average Bonchev–Trinajstić information content (AvgIpc) is 3.91. The Balaban J connectivity index is 0.971. The number of nitrogens with zero attached hydrogens (tertiary/aromatic N) is 1. The third kappa shape index (κ3) is 3.79. The van der Waals surface area contributed by atoms with Gasteiger partial charge in [0.15, 0.2) is 0 Å². The molecule has 0 amide bonds. The molecular formula is C56H49NS. The fourth-order valence-corrected chi connectivity index (χ4v) is 18.1. The number of thiophene rings is 1. The Morgan fingerprint density at radius 1 is 0.448 bits per heavy atom. The molecule has 0 radical (unpaired) electrons. The Morgan fingerprint density at radius 3 is 1.78 bits per heavy atom. The van der Waals surface area contributed by atoms with Gasteiger partial charge in [-0.05, 0) is 192 Å². The molecule has 6 aromatic carbocycles. The second-order valence-electron chi connectivity index (χ2n) is 20.4. The zero-order valence-corrected chi connectivity index (χ0v) is 34.0. The van der Waals surface area contributed by atoms with Crippen LogP contribution in [0.15, 0.2) is 127 Å². The summed E-state index contributed by atoms with van der Waals surface area (Å²) in [4.78, 5) is 2.67. The second kappa shape index (κ2) is 11.1. The van der Waals surface area contributed by atoms with Crippen molar-refractivity contribution in [2.24, 2.45) is 47.3 Å². The molecule has 284 valence electrons. The van der Waals surface area contributed by atoms with Crippen molar-refractivity contribution >= 4 is 48.6 Å². The largest absolute Gasteiger partial charge is 0.310 e. The fraction of sp³-hybridized carbons (Fsp3) is 0.357. The molecule has 1 aromatic heterocycles. The first kappa shape index (κ1) is 32.2. The summed E-state index contributed by atoms with van der Waals surface area (Å²) in [6, 6.07) is 51.0. The number of hydrogen-bond acceptors (Lipinski definition) is 2. The first-order valence-electron chi connectivity index (χ1n) is 22.9. The summed E-state index contributed by atoms with van der Waals surface area (Å²) in [6.45, 7) is 0. The van der Waals surface area contributed by atoms with Crippen LogP contribution >= 0.6 is 11.3 Å². The van der Waals surface area contributed by atoms with E-state index in [2.05, 4.69) is 132 Å². The van der Waals surface area contributed by atoms with Gasteiger partial charge >= 0.3 is 0 Å². The van der Waals surface area contributed by atoms with Gasteiger partial charge < -0.3 is 4.90 Å². The maximum atomic E-state index is 2.67. The molecule has 58 heavy (non-hydrogen) atoms. The second-order valence-corrected chi connectivity index (χ2v) is 21.5. The van der Waals surface area contributed by atoms with Crippen molar-refractivity contribution in [3.63, 3.8) is 0 Å². The molecule has 9 aliphatic carbocycles. The van der Waals surface area contributed by atoms with Crippen LogP contribution in [-0.4, -0.2) is 0 Å². The van der Waals surface area contributed by atoms with Crippen molar-refractivity contribution in [3.05, 3.63) is 150 Å². The Hall–Kier alpha value is -4.66. The van der Waals surface area contributed by atoms with E-state index in [9.17, 15) is 0 Å².